The highest BCUT2D eigenvalue weighted by Gasteiger charge is 2.16. The first-order valence-corrected chi connectivity index (χ1v) is 5.82. The summed E-state index contributed by atoms with van der Waals surface area (Å²) >= 11 is 9.22. The molecule has 0 fully saturated rings. The Morgan fingerprint density at radius 2 is 2.06 bits per heavy atom. The van der Waals surface area contributed by atoms with Gasteiger partial charge in [0.05, 0.1) is 5.02 Å². The summed E-state index contributed by atoms with van der Waals surface area (Å²) in [4.78, 5) is 12.0. The van der Waals surface area contributed by atoms with Crippen molar-refractivity contribution in [3.8, 4) is 0 Å². The molecule has 0 spiro atoms. The van der Waals surface area contributed by atoms with Gasteiger partial charge in [-0.2, -0.15) is 0 Å². The molecule has 0 aliphatic carbocycles. The molecule has 0 saturated heterocycles. The van der Waals surface area contributed by atoms with E-state index in [1.165, 1.54) is 0 Å². The van der Waals surface area contributed by atoms with Crippen molar-refractivity contribution in [1.82, 2.24) is 0 Å². The van der Waals surface area contributed by atoms with Crippen molar-refractivity contribution in [2.75, 3.05) is 0 Å². The number of hydrogen-bond acceptors (Lipinski definition) is 2. The average molecular weight is 300 g/mol. The Bertz CT molecular complexity index is 546. The fraction of sp³-hybridized carbons (Fsp3) is 0.0833. The van der Waals surface area contributed by atoms with Gasteiger partial charge >= 0.3 is 0 Å². The topological polar surface area (TPSA) is 30.2 Å². The van der Waals surface area contributed by atoms with Gasteiger partial charge < -0.3 is 4.42 Å². The number of carbonyl (C=O) groups excluding carboxylic acids is 1. The van der Waals surface area contributed by atoms with Crippen LogP contribution in [0.15, 0.2) is 39.4 Å². The Kier molecular flexibility index (Phi) is 3.17. The number of aryl methyl sites for hydroxylation is 1. The minimum absolute atomic E-state index is 0.209. The van der Waals surface area contributed by atoms with Crippen LogP contribution in [0.1, 0.15) is 21.7 Å². The molecule has 0 unspecified atom stereocenters. The standard InChI is InChI=1S/C12H8BrClO2/c1-7-3-2-4-8(11(7)14)12(15)9-5-6-10(13)16-9/h2-6H,1H3. The highest BCUT2D eigenvalue weighted by Crippen LogP contribution is 2.24. The number of halogens is 2. The van der Waals surface area contributed by atoms with Crippen LogP contribution in [0.2, 0.25) is 5.02 Å². The molecule has 1 aromatic heterocycles. The Labute approximate surface area is 106 Å². The molecule has 4 heteroatoms. The van der Waals surface area contributed by atoms with Crippen molar-refractivity contribution in [2.24, 2.45) is 0 Å². The van der Waals surface area contributed by atoms with Crippen LogP contribution in [0.4, 0.5) is 0 Å². The molecule has 0 radical (unpaired) electrons. The van der Waals surface area contributed by atoms with Gasteiger partial charge in [0.2, 0.25) is 5.78 Å². The van der Waals surface area contributed by atoms with E-state index in [0.29, 0.717) is 15.3 Å². The van der Waals surface area contributed by atoms with E-state index in [0.717, 1.165) is 5.56 Å². The molecule has 1 heterocycles. The summed E-state index contributed by atoms with van der Waals surface area (Å²) in [5, 5.41) is 0.472. The van der Waals surface area contributed by atoms with Crippen LogP contribution in [0.25, 0.3) is 0 Å². The molecule has 0 saturated carbocycles. The SMILES string of the molecule is Cc1cccc(C(=O)c2ccc(Br)o2)c1Cl. The number of rotatable bonds is 2. The number of carbonyl (C=O) groups is 1. The lowest BCUT2D eigenvalue weighted by Gasteiger charge is -2.03. The lowest BCUT2D eigenvalue weighted by atomic mass is 10.1. The first kappa shape index (κ1) is 11.4. The van der Waals surface area contributed by atoms with Gasteiger partial charge in [0.15, 0.2) is 10.4 Å². The van der Waals surface area contributed by atoms with Crippen molar-refractivity contribution >= 4 is 33.3 Å². The average Bonchev–Trinajstić information content (AvgIpc) is 2.68. The van der Waals surface area contributed by atoms with Crippen molar-refractivity contribution < 1.29 is 9.21 Å². The second-order valence-electron chi connectivity index (χ2n) is 3.37. The van der Waals surface area contributed by atoms with Crippen LogP contribution < -0.4 is 0 Å². The summed E-state index contributed by atoms with van der Waals surface area (Å²) in [7, 11) is 0. The molecule has 2 rings (SSSR count). The van der Waals surface area contributed by atoms with Gasteiger partial charge in [-0.25, -0.2) is 0 Å². The molecule has 2 nitrogen and oxygen atoms in total. The molecule has 0 aliphatic heterocycles. The van der Waals surface area contributed by atoms with E-state index in [-0.39, 0.29) is 11.5 Å². The summed E-state index contributed by atoms with van der Waals surface area (Å²) in [5.74, 6) is 0.0683. The molecule has 0 aliphatic rings. The van der Waals surface area contributed by atoms with Gasteiger partial charge in [0.25, 0.3) is 0 Å². The van der Waals surface area contributed by atoms with Crippen LogP contribution in [0.5, 0.6) is 0 Å². The summed E-state index contributed by atoms with van der Waals surface area (Å²) in [5.41, 5.74) is 1.33. The van der Waals surface area contributed by atoms with E-state index in [4.69, 9.17) is 16.0 Å². The minimum Gasteiger partial charge on any atom is -0.446 e. The highest BCUT2D eigenvalue weighted by molar-refractivity contribution is 9.10. The predicted molar refractivity (Wildman–Crippen MR) is 66.0 cm³/mol. The van der Waals surface area contributed by atoms with E-state index in [1.807, 2.05) is 13.0 Å². The van der Waals surface area contributed by atoms with E-state index in [1.54, 1.807) is 24.3 Å². The molecule has 0 amide bonds. The Morgan fingerprint density at radius 1 is 1.31 bits per heavy atom. The quantitative estimate of drug-likeness (QED) is 0.777. The third-order valence-electron chi connectivity index (χ3n) is 2.23. The lowest BCUT2D eigenvalue weighted by molar-refractivity contribution is 0.101. The van der Waals surface area contributed by atoms with E-state index >= 15 is 0 Å². The van der Waals surface area contributed by atoms with Gasteiger partial charge in [-0.1, -0.05) is 23.7 Å². The normalized spacial score (nSPS) is 10.4. The second-order valence-corrected chi connectivity index (χ2v) is 4.53. The number of ketones is 1. The maximum absolute atomic E-state index is 12.0. The molecule has 2 aromatic rings. The van der Waals surface area contributed by atoms with Crippen LogP contribution in [-0.2, 0) is 0 Å². The monoisotopic (exact) mass is 298 g/mol. The first-order valence-electron chi connectivity index (χ1n) is 4.65. The Balaban J connectivity index is 2.45. The maximum atomic E-state index is 12.0. The van der Waals surface area contributed by atoms with E-state index < -0.39 is 0 Å². The van der Waals surface area contributed by atoms with Crippen LogP contribution in [0.3, 0.4) is 0 Å². The predicted octanol–water partition coefficient (Wildman–Crippen LogP) is 4.23. The van der Waals surface area contributed by atoms with Crippen LogP contribution >= 0.6 is 27.5 Å². The second kappa shape index (κ2) is 4.44. The molecule has 0 atom stereocenters. The van der Waals surface area contributed by atoms with Crippen molar-refractivity contribution in [3.05, 3.63) is 56.9 Å². The van der Waals surface area contributed by atoms with Gasteiger partial charge in [-0.15, -0.1) is 0 Å². The molecule has 82 valence electrons. The van der Waals surface area contributed by atoms with Crippen molar-refractivity contribution in [3.63, 3.8) is 0 Å². The van der Waals surface area contributed by atoms with Crippen molar-refractivity contribution in [2.45, 2.75) is 6.92 Å². The van der Waals surface area contributed by atoms with Gasteiger partial charge in [-0.3, -0.25) is 4.79 Å². The third-order valence-corrected chi connectivity index (χ3v) is 3.16. The zero-order chi connectivity index (χ0) is 11.7. The Hall–Kier alpha value is -1.06. The lowest BCUT2D eigenvalue weighted by Crippen LogP contribution is -2.01. The highest BCUT2D eigenvalue weighted by atomic mass is 79.9. The molecule has 16 heavy (non-hydrogen) atoms. The fourth-order valence-electron chi connectivity index (χ4n) is 1.39. The zero-order valence-corrected chi connectivity index (χ0v) is 10.8. The van der Waals surface area contributed by atoms with Gasteiger partial charge in [-0.05, 0) is 46.6 Å². The smallest absolute Gasteiger partial charge is 0.229 e. The summed E-state index contributed by atoms with van der Waals surface area (Å²) in [6, 6.07) is 8.64. The summed E-state index contributed by atoms with van der Waals surface area (Å²) in [6.45, 7) is 1.86. The number of furan rings is 1. The first-order chi connectivity index (χ1) is 7.59. The molecule has 0 N–H and O–H groups in total. The fourth-order valence-corrected chi connectivity index (χ4v) is 1.91. The minimum atomic E-state index is -0.209. The van der Waals surface area contributed by atoms with Crippen molar-refractivity contribution in [1.29, 1.82) is 0 Å². The summed E-state index contributed by atoms with van der Waals surface area (Å²) in [6.07, 6.45) is 0. The zero-order valence-electron chi connectivity index (χ0n) is 8.46. The number of hydrogen-bond donors (Lipinski definition) is 0. The van der Waals surface area contributed by atoms with E-state index in [2.05, 4.69) is 15.9 Å². The third kappa shape index (κ3) is 2.06. The van der Waals surface area contributed by atoms with Gasteiger partial charge in [0, 0.05) is 5.56 Å². The number of benzene rings is 1. The largest absolute Gasteiger partial charge is 0.446 e. The van der Waals surface area contributed by atoms with Gasteiger partial charge in [0.1, 0.15) is 0 Å². The van der Waals surface area contributed by atoms with E-state index in [9.17, 15) is 4.79 Å². The Morgan fingerprint density at radius 3 is 2.69 bits per heavy atom. The molecule has 0 bridgehead atoms. The summed E-state index contributed by atoms with van der Waals surface area (Å²) < 4.78 is 5.73. The van der Waals surface area contributed by atoms with Crippen LogP contribution in [-0.4, -0.2) is 5.78 Å². The molecular formula is C12H8BrClO2. The maximum Gasteiger partial charge on any atom is 0.229 e. The van der Waals surface area contributed by atoms with Crippen LogP contribution in [0, 0.1) is 6.92 Å². The molecule has 1 aromatic carbocycles. The molecular weight excluding hydrogens is 291 g/mol.